The molecule has 2 rings (SSSR count). The van der Waals surface area contributed by atoms with Gasteiger partial charge >= 0.3 is 0 Å². The third kappa shape index (κ3) is 4.90. The van der Waals surface area contributed by atoms with Gasteiger partial charge in [0.25, 0.3) is 0 Å². The lowest BCUT2D eigenvalue weighted by atomic mass is 10.1. The first kappa shape index (κ1) is 14.9. The van der Waals surface area contributed by atoms with Crippen molar-refractivity contribution in [1.29, 1.82) is 0 Å². The quantitative estimate of drug-likeness (QED) is 0.786. The summed E-state index contributed by atoms with van der Waals surface area (Å²) < 4.78 is 18.9. The summed E-state index contributed by atoms with van der Waals surface area (Å²) in [6, 6.07) is 6.15. The van der Waals surface area contributed by atoms with Gasteiger partial charge in [0.15, 0.2) is 0 Å². The fraction of sp³-hybridized carbons (Fsp3) is 0.533. The van der Waals surface area contributed by atoms with Gasteiger partial charge in [0.1, 0.15) is 5.82 Å². The summed E-state index contributed by atoms with van der Waals surface area (Å²) in [6.07, 6.45) is 4.69. The molecule has 1 unspecified atom stereocenters. The van der Waals surface area contributed by atoms with E-state index in [1.54, 1.807) is 18.2 Å². The SMILES string of the molecule is O=C(CNCCC1CCCCO1)Nc1ccccc1F. The summed E-state index contributed by atoms with van der Waals surface area (Å²) in [5, 5.41) is 5.60. The number of para-hydroxylation sites is 1. The number of carbonyl (C=O) groups is 1. The van der Waals surface area contributed by atoms with Gasteiger partial charge < -0.3 is 15.4 Å². The van der Waals surface area contributed by atoms with Gasteiger partial charge in [0, 0.05) is 6.61 Å². The average molecular weight is 280 g/mol. The van der Waals surface area contributed by atoms with Crippen LogP contribution in [0.25, 0.3) is 0 Å². The van der Waals surface area contributed by atoms with Crippen molar-refractivity contribution in [2.24, 2.45) is 0 Å². The van der Waals surface area contributed by atoms with Crippen molar-refractivity contribution < 1.29 is 13.9 Å². The number of rotatable bonds is 6. The van der Waals surface area contributed by atoms with Crippen LogP contribution in [0.4, 0.5) is 10.1 Å². The third-order valence-corrected chi connectivity index (χ3v) is 3.35. The minimum absolute atomic E-state index is 0.182. The van der Waals surface area contributed by atoms with Crippen molar-refractivity contribution >= 4 is 11.6 Å². The molecule has 4 nitrogen and oxygen atoms in total. The van der Waals surface area contributed by atoms with E-state index in [0.717, 1.165) is 32.4 Å². The normalized spacial score (nSPS) is 18.8. The highest BCUT2D eigenvalue weighted by Crippen LogP contribution is 2.15. The van der Waals surface area contributed by atoms with E-state index in [0.29, 0.717) is 6.10 Å². The van der Waals surface area contributed by atoms with Crippen LogP contribution in [-0.2, 0) is 9.53 Å². The maximum Gasteiger partial charge on any atom is 0.238 e. The molecule has 5 heteroatoms. The molecule has 1 aliphatic rings. The van der Waals surface area contributed by atoms with E-state index in [1.165, 1.54) is 12.5 Å². The molecule has 1 amide bonds. The van der Waals surface area contributed by atoms with Crippen molar-refractivity contribution in [2.45, 2.75) is 31.8 Å². The molecule has 1 fully saturated rings. The highest BCUT2D eigenvalue weighted by molar-refractivity contribution is 5.92. The Balaban J connectivity index is 1.61. The monoisotopic (exact) mass is 280 g/mol. The van der Waals surface area contributed by atoms with Gasteiger partial charge in [-0.15, -0.1) is 0 Å². The lowest BCUT2D eigenvalue weighted by Gasteiger charge is -2.22. The van der Waals surface area contributed by atoms with Crippen LogP contribution < -0.4 is 10.6 Å². The number of amides is 1. The number of anilines is 1. The Hall–Kier alpha value is -1.46. The summed E-state index contributed by atoms with van der Waals surface area (Å²) >= 11 is 0. The Bertz CT molecular complexity index is 434. The summed E-state index contributed by atoms with van der Waals surface area (Å²) in [6.45, 7) is 1.76. The molecule has 1 atom stereocenters. The Kier molecular flexibility index (Phi) is 5.95. The van der Waals surface area contributed by atoms with Gasteiger partial charge in [-0.3, -0.25) is 4.79 Å². The zero-order valence-electron chi connectivity index (χ0n) is 11.5. The van der Waals surface area contributed by atoms with E-state index in [-0.39, 0.29) is 18.1 Å². The van der Waals surface area contributed by atoms with Crippen LogP contribution >= 0.6 is 0 Å². The molecule has 110 valence electrons. The van der Waals surface area contributed by atoms with Crippen molar-refractivity contribution in [3.63, 3.8) is 0 Å². The zero-order chi connectivity index (χ0) is 14.2. The fourth-order valence-electron chi connectivity index (χ4n) is 2.26. The first-order chi connectivity index (χ1) is 9.75. The molecule has 0 aliphatic carbocycles. The number of halogens is 1. The molecule has 0 bridgehead atoms. The Morgan fingerprint density at radius 1 is 1.35 bits per heavy atom. The van der Waals surface area contributed by atoms with Gasteiger partial charge in [0.2, 0.25) is 5.91 Å². The summed E-state index contributed by atoms with van der Waals surface area (Å²) in [4.78, 5) is 11.6. The number of ether oxygens (including phenoxy) is 1. The predicted octanol–water partition coefficient (Wildman–Crippen LogP) is 2.31. The molecular weight excluding hydrogens is 259 g/mol. The molecular formula is C15H21FN2O2. The van der Waals surface area contributed by atoms with Crippen molar-refractivity contribution in [3.8, 4) is 0 Å². The van der Waals surface area contributed by atoms with Crippen molar-refractivity contribution in [2.75, 3.05) is 25.0 Å². The Labute approximate surface area is 118 Å². The van der Waals surface area contributed by atoms with E-state index in [2.05, 4.69) is 10.6 Å². The zero-order valence-corrected chi connectivity index (χ0v) is 11.5. The van der Waals surface area contributed by atoms with Crippen LogP contribution in [-0.4, -0.2) is 31.7 Å². The van der Waals surface area contributed by atoms with E-state index in [4.69, 9.17) is 4.74 Å². The van der Waals surface area contributed by atoms with Gasteiger partial charge in [-0.05, 0) is 44.4 Å². The largest absolute Gasteiger partial charge is 0.378 e. The second-order valence-corrected chi connectivity index (χ2v) is 4.98. The van der Waals surface area contributed by atoms with E-state index >= 15 is 0 Å². The fourth-order valence-corrected chi connectivity index (χ4v) is 2.26. The van der Waals surface area contributed by atoms with E-state index in [1.807, 2.05) is 0 Å². The van der Waals surface area contributed by atoms with Gasteiger partial charge in [-0.1, -0.05) is 12.1 Å². The maximum atomic E-state index is 13.3. The first-order valence-electron chi connectivity index (χ1n) is 7.12. The standard InChI is InChI=1S/C15H21FN2O2/c16-13-6-1-2-7-14(13)18-15(19)11-17-9-8-12-5-3-4-10-20-12/h1-2,6-7,12,17H,3-5,8-11H2,(H,18,19). The van der Waals surface area contributed by atoms with Crippen LogP contribution in [0.5, 0.6) is 0 Å². The molecule has 1 aliphatic heterocycles. The van der Waals surface area contributed by atoms with Gasteiger partial charge in [0.05, 0.1) is 18.3 Å². The van der Waals surface area contributed by atoms with Crippen LogP contribution in [0.2, 0.25) is 0 Å². The number of hydrogen-bond acceptors (Lipinski definition) is 3. The molecule has 1 aromatic rings. The molecule has 0 saturated carbocycles. The maximum absolute atomic E-state index is 13.3. The summed E-state index contributed by atoms with van der Waals surface area (Å²) in [7, 11) is 0. The second-order valence-electron chi connectivity index (χ2n) is 4.98. The lowest BCUT2D eigenvalue weighted by Crippen LogP contribution is -2.31. The molecule has 0 aromatic heterocycles. The first-order valence-corrected chi connectivity index (χ1v) is 7.12. The molecule has 1 aromatic carbocycles. The molecule has 20 heavy (non-hydrogen) atoms. The highest BCUT2D eigenvalue weighted by atomic mass is 19.1. The molecule has 0 radical (unpaired) electrons. The Morgan fingerprint density at radius 3 is 2.95 bits per heavy atom. The van der Waals surface area contributed by atoms with E-state index < -0.39 is 5.82 Å². The van der Waals surface area contributed by atoms with E-state index in [9.17, 15) is 9.18 Å². The Morgan fingerprint density at radius 2 is 2.20 bits per heavy atom. The summed E-state index contributed by atoms with van der Waals surface area (Å²) in [5.74, 6) is -0.656. The number of benzene rings is 1. The van der Waals surface area contributed by atoms with Gasteiger partial charge in [-0.2, -0.15) is 0 Å². The smallest absolute Gasteiger partial charge is 0.238 e. The summed E-state index contributed by atoms with van der Waals surface area (Å²) in [5.41, 5.74) is 0.218. The minimum Gasteiger partial charge on any atom is -0.378 e. The lowest BCUT2D eigenvalue weighted by molar-refractivity contribution is -0.115. The van der Waals surface area contributed by atoms with Crippen molar-refractivity contribution in [3.05, 3.63) is 30.1 Å². The molecule has 0 spiro atoms. The van der Waals surface area contributed by atoms with Gasteiger partial charge in [-0.25, -0.2) is 4.39 Å². The highest BCUT2D eigenvalue weighted by Gasteiger charge is 2.13. The van der Waals surface area contributed by atoms with Crippen LogP contribution in [0.15, 0.2) is 24.3 Å². The third-order valence-electron chi connectivity index (χ3n) is 3.35. The average Bonchev–Trinajstić information content (AvgIpc) is 2.47. The molecule has 1 heterocycles. The predicted molar refractivity (Wildman–Crippen MR) is 76.1 cm³/mol. The van der Waals surface area contributed by atoms with Crippen LogP contribution in [0.3, 0.4) is 0 Å². The number of carbonyl (C=O) groups excluding carboxylic acids is 1. The molecule has 1 saturated heterocycles. The number of nitrogens with one attached hydrogen (secondary N) is 2. The second kappa shape index (κ2) is 7.97. The molecule has 2 N–H and O–H groups in total. The van der Waals surface area contributed by atoms with Crippen LogP contribution in [0.1, 0.15) is 25.7 Å². The van der Waals surface area contributed by atoms with Crippen LogP contribution in [0, 0.1) is 5.82 Å². The topological polar surface area (TPSA) is 50.4 Å². The minimum atomic E-state index is -0.420. The number of hydrogen-bond donors (Lipinski definition) is 2. The van der Waals surface area contributed by atoms with Crippen molar-refractivity contribution in [1.82, 2.24) is 5.32 Å².